The fourth-order valence-corrected chi connectivity index (χ4v) is 2.18. The number of rotatable bonds is 4. The number of nitrogens with zero attached hydrogens (tertiary/aromatic N) is 1. The van der Waals surface area contributed by atoms with Crippen molar-refractivity contribution in [2.45, 2.75) is 31.3 Å². The van der Waals surface area contributed by atoms with Crippen molar-refractivity contribution in [3.05, 3.63) is 0 Å². The highest BCUT2D eigenvalue weighted by molar-refractivity contribution is 8.00. The predicted octanol–water partition coefficient (Wildman–Crippen LogP) is 0.346. The number of methoxy groups -OCH3 is 1. The first kappa shape index (κ1) is 12.8. The predicted molar refractivity (Wildman–Crippen MR) is 61.0 cm³/mol. The molecule has 1 aliphatic rings. The van der Waals surface area contributed by atoms with E-state index in [1.165, 1.54) is 0 Å². The Morgan fingerprint density at radius 2 is 2.27 bits per heavy atom. The zero-order valence-electron chi connectivity index (χ0n) is 9.47. The van der Waals surface area contributed by atoms with Crippen LogP contribution in [0, 0.1) is 0 Å². The highest BCUT2D eigenvalue weighted by Crippen LogP contribution is 2.16. The Balaban J connectivity index is 2.36. The Bertz CT molecular complexity index is 223. The van der Waals surface area contributed by atoms with E-state index in [1.54, 1.807) is 23.8 Å². The largest absolute Gasteiger partial charge is 0.388 e. The SMILES string of the molecule is CO[C@H]1CN(C(=O)CSC(C)C)C[C@@H]1O. The first-order valence-corrected chi connectivity index (χ1v) is 6.19. The Morgan fingerprint density at radius 1 is 1.60 bits per heavy atom. The van der Waals surface area contributed by atoms with Gasteiger partial charge in [0.05, 0.1) is 11.9 Å². The quantitative estimate of drug-likeness (QED) is 0.761. The van der Waals surface area contributed by atoms with Gasteiger partial charge in [0.25, 0.3) is 0 Å². The average molecular weight is 233 g/mol. The molecule has 0 spiro atoms. The molecule has 4 nitrogen and oxygen atoms in total. The normalized spacial score (nSPS) is 26.3. The lowest BCUT2D eigenvalue weighted by Crippen LogP contribution is -2.31. The summed E-state index contributed by atoms with van der Waals surface area (Å²) in [5, 5.41) is 10.0. The maximum absolute atomic E-state index is 11.7. The number of thioether (sulfide) groups is 1. The zero-order chi connectivity index (χ0) is 11.4. The lowest BCUT2D eigenvalue weighted by Gasteiger charge is -2.16. The number of hydrogen-bond acceptors (Lipinski definition) is 4. The zero-order valence-corrected chi connectivity index (χ0v) is 10.3. The standard InChI is InChI=1S/C10H19NO3S/c1-7(2)15-6-10(13)11-4-8(12)9(5-11)14-3/h7-9,12H,4-6H2,1-3H3/t8-,9-/m0/s1. The van der Waals surface area contributed by atoms with Gasteiger partial charge in [0.15, 0.2) is 0 Å². The van der Waals surface area contributed by atoms with Crippen molar-refractivity contribution in [3.63, 3.8) is 0 Å². The molecule has 0 bridgehead atoms. The van der Waals surface area contributed by atoms with E-state index < -0.39 is 6.10 Å². The van der Waals surface area contributed by atoms with Gasteiger partial charge in [-0.3, -0.25) is 4.79 Å². The van der Waals surface area contributed by atoms with E-state index in [4.69, 9.17) is 4.74 Å². The van der Waals surface area contributed by atoms with Crippen LogP contribution in [0.2, 0.25) is 0 Å². The van der Waals surface area contributed by atoms with Crippen molar-refractivity contribution in [1.82, 2.24) is 4.90 Å². The van der Waals surface area contributed by atoms with Crippen molar-refractivity contribution in [3.8, 4) is 0 Å². The van der Waals surface area contributed by atoms with Crippen molar-refractivity contribution >= 4 is 17.7 Å². The summed E-state index contributed by atoms with van der Waals surface area (Å²) in [6, 6.07) is 0. The number of aliphatic hydroxyl groups excluding tert-OH is 1. The van der Waals surface area contributed by atoms with Crippen LogP contribution < -0.4 is 0 Å². The van der Waals surface area contributed by atoms with Crippen molar-refractivity contribution < 1.29 is 14.6 Å². The van der Waals surface area contributed by atoms with Gasteiger partial charge in [-0.15, -0.1) is 11.8 Å². The number of likely N-dealkylation sites (tertiary alicyclic amines) is 1. The van der Waals surface area contributed by atoms with Gasteiger partial charge in [0.1, 0.15) is 6.10 Å². The smallest absolute Gasteiger partial charge is 0.232 e. The molecule has 1 N–H and O–H groups in total. The Hall–Kier alpha value is -0.260. The van der Waals surface area contributed by atoms with Crippen molar-refractivity contribution in [1.29, 1.82) is 0 Å². The molecule has 0 radical (unpaired) electrons. The van der Waals surface area contributed by atoms with E-state index in [9.17, 15) is 9.90 Å². The molecule has 0 unspecified atom stereocenters. The van der Waals surface area contributed by atoms with E-state index in [0.29, 0.717) is 24.1 Å². The summed E-state index contributed by atoms with van der Waals surface area (Å²) in [6.45, 7) is 5.04. The van der Waals surface area contributed by atoms with Crippen LogP contribution in [-0.2, 0) is 9.53 Å². The molecule has 1 aliphatic heterocycles. The molecule has 1 fully saturated rings. The van der Waals surface area contributed by atoms with Crippen LogP contribution in [0.25, 0.3) is 0 Å². The van der Waals surface area contributed by atoms with Crippen LogP contribution >= 0.6 is 11.8 Å². The molecule has 0 aromatic carbocycles. The second-order valence-electron chi connectivity index (χ2n) is 4.00. The van der Waals surface area contributed by atoms with E-state index in [-0.39, 0.29) is 12.0 Å². The van der Waals surface area contributed by atoms with E-state index in [1.807, 2.05) is 0 Å². The van der Waals surface area contributed by atoms with E-state index >= 15 is 0 Å². The van der Waals surface area contributed by atoms with Crippen LogP contribution in [-0.4, -0.2) is 59.3 Å². The van der Waals surface area contributed by atoms with E-state index in [0.717, 1.165) is 0 Å². The van der Waals surface area contributed by atoms with Gasteiger partial charge in [-0.25, -0.2) is 0 Å². The number of ether oxygens (including phenoxy) is 1. The molecule has 0 saturated carbocycles. The molecule has 15 heavy (non-hydrogen) atoms. The minimum Gasteiger partial charge on any atom is -0.388 e. The first-order valence-electron chi connectivity index (χ1n) is 5.14. The van der Waals surface area contributed by atoms with Crippen molar-refractivity contribution in [2.24, 2.45) is 0 Å². The van der Waals surface area contributed by atoms with Crippen LogP contribution in [0.15, 0.2) is 0 Å². The average Bonchev–Trinajstić information content (AvgIpc) is 2.56. The summed E-state index contributed by atoms with van der Waals surface area (Å²) in [4.78, 5) is 13.4. The van der Waals surface area contributed by atoms with Gasteiger partial charge in [0.2, 0.25) is 5.91 Å². The topological polar surface area (TPSA) is 49.8 Å². The lowest BCUT2D eigenvalue weighted by molar-refractivity contribution is -0.127. The fraction of sp³-hybridized carbons (Fsp3) is 0.900. The summed E-state index contributed by atoms with van der Waals surface area (Å²) in [5.74, 6) is 0.577. The van der Waals surface area contributed by atoms with Gasteiger partial charge in [-0.2, -0.15) is 0 Å². The molecule has 1 heterocycles. The third kappa shape index (κ3) is 3.66. The minimum absolute atomic E-state index is 0.0901. The molecule has 1 amide bonds. The summed E-state index contributed by atoms with van der Waals surface area (Å²) in [5.41, 5.74) is 0. The second-order valence-corrected chi connectivity index (χ2v) is 5.56. The highest BCUT2D eigenvalue weighted by Gasteiger charge is 2.33. The van der Waals surface area contributed by atoms with Gasteiger partial charge in [0, 0.05) is 20.2 Å². The van der Waals surface area contributed by atoms with Crippen LogP contribution in [0.3, 0.4) is 0 Å². The van der Waals surface area contributed by atoms with Gasteiger partial charge in [-0.05, 0) is 5.25 Å². The van der Waals surface area contributed by atoms with E-state index in [2.05, 4.69) is 13.8 Å². The number of carbonyl (C=O) groups excluding carboxylic acids is 1. The maximum Gasteiger partial charge on any atom is 0.232 e. The maximum atomic E-state index is 11.7. The van der Waals surface area contributed by atoms with Crippen molar-refractivity contribution in [2.75, 3.05) is 26.0 Å². The Labute approximate surface area is 95.0 Å². The summed E-state index contributed by atoms with van der Waals surface area (Å²) in [6.07, 6.45) is -0.763. The molecule has 0 aromatic heterocycles. The Kier molecular flexibility index (Phi) is 4.89. The summed E-state index contributed by atoms with van der Waals surface area (Å²) >= 11 is 1.62. The molecule has 5 heteroatoms. The first-order chi connectivity index (χ1) is 7.04. The molecule has 0 aliphatic carbocycles. The lowest BCUT2D eigenvalue weighted by atomic mass is 10.3. The molecule has 1 rings (SSSR count). The Morgan fingerprint density at radius 3 is 2.73 bits per heavy atom. The minimum atomic E-state index is -0.539. The monoisotopic (exact) mass is 233 g/mol. The third-order valence-electron chi connectivity index (χ3n) is 2.43. The fourth-order valence-electron chi connectivity index (χ4n) is 1.52. The number of amides is 1. The second kappa shape index (κ2) is 5.72. The molecular weight excluding hydrogens is 214 g/mol. The number of β-amino-alcohol motifs (C(OH)–C–C–N with tert-alkyl or cyclic N) is 1. The number of carbonyl (C=O) groups is 1. The summed E-state index contributed by atoms with van der Waals surface area (Å²) < 4.78 is 5.08. The molecule has 2 atom stereocenters. The van der Waals surface area contributed by atoms with Gasteiger partial charge in [-0.1, -0.05) is 13.8 Å². The number of aliphatic hydroxyl groups is 1. The molecule has 0 aromatic rings. The van der Waals surface area contributed by atoms with Crippen LogP contribution in [0.4, 0.5) is 0 Å². The van der Waals surface area contributed by atoms with Crippen LogP contribution in [0.5, 0.6) is 0 Å². The molecule has 1 saturated heterocycles. The number of hydrogen-bond donors (Lipinski definition) is 1. The van der Waals surface area contributed by atoms with Gasteiger partial charge < -0.3 is 14.7 Å². The summed E-state index contributed by atoms with van der Waals surface area (Å²) in [7, 11) is 1.56. The molecule has 88 valence electrons. The van der Waals surface area contributed by atoms with Gasteiger partial charge >= 0.3 is 0 Å². The van der Waals surface area contributed by atoms with Crippen LogP contribution in [0.1, 0.15) is 13.8 Å². The molecular formula is C10H19NO3S. The highest BCUT2D eigenvalue weighted by atomic mass is 32.2. The third-order valence-corrected chi connectivity index (χ3v) is 3.51.